The van der Waals surface area contributed by atoms with E-state index in [9.17, 15) is 4.79 Å². The Balaban J connectivity index is 1.45. The van der Waals surface area contributed by atoms with Crippen molar-refractivity contribution in [1.29, 1.82) is 0 Å². The van der Waals surface area contributed by atoms with E-state index in [0.29, 0.717) is 17.1 Å². The van der Waals surface area contributed by atoms with Gasteiger partial charge in [-0.3, -0.25) is 4.79 Å². The van der Waals surface area contributed by atoms with Gasteiger partial charge in [-0.25, -0.2) is 0 Å². The first-order valence-electron chi connectivity index (χ1n) is 8.31. The molecule has 2 heterocycles. The Morgan fingerprint density at radius 2 is 1.96 bits per heavy atom. The van der Waals surface area contributed by atoms with Crippen LogP contribution in [0.5, 0.6) is 11.5 Å². The van der Waals surface area contributed by atoms with Gasteiger partial charge in [0.05, 0.1) is 5.56 Å². The third-order valence-electron chi connectivity index (χ3n) is 4.52. The van der Waals surface area contributed by atoms with Crippen molar-refractivity contribution >= 4 is 11.6 Å². The molecule has 2 aliphatic heterocycles. The van der Waals surface area contributed by atoms with Crippen LogP contribution in [0.3, 0.4) is 0 Å². The first kappa shape index (κ1) is 14.9. The summed E-state index contributed by atoms with van der Waals surface area (Å²) in [7, 11) is 0. The highest BCUT2D eigenvalue weighted by atomic mass is 16.7. The van der Waals surface area contributed by atoms with Crippen molar-refractivity contribution in [1.82, 2.24) is 5.32 Å². The molecule has 0 saturated carbocycles. The minimum Gasteiger partial charge on any atom is -0.454 e. The van der Waals surface area contributed by atoms with Crippen LogP contribution < -0.4 is 19.7 Å². The van der Waals surface area contributed by atoms with E-state index in [4.69, 9.17) is 9.47 Å². The van der Waals surface area contributed by atoms with Crippen LogP contribution in [0.2, 0.25) is 0 Å². The number of rotatable bonds is 3. The molecule has 0 spiro atoms. The molecule has 2 aromatic rings. The second-order valence-electron chi connectivity index (χ2n) is 6.13. The van der Waals surface area contributed by atoms with E-state index >= 15 is 0 Å². The summed E-state index contributed by atoms with van der Waals surface area (Å²) in [6, 6.07) is 15.9. The molecule has 1 saturated heterocycles. The van der Waals surface area contributed by atoms with E-state index < -0.39 is 0 Å². The summed E-state index contributed by atoms with van der Waals surface area (Å²) in [5.41, 5.74) is 1.75. The van der Waals surface area contributed by atoms with Crippen LogP contribution in [0.1, 0.15) is 23.2 Å². The van der Waals surface area contributed by atoms with Crippen molar-refractivity contribution in [3.63, 3.8) is 0 Å². The minimum atomic E-state index is -0.0998. The number of piperidine rings is 1. The van der Waals surface area contributed by atoms with Gasteiger partial charge in [0.15, 0.2) is 11.5 Å². The second kappa shape index (κ2) is 6.43. The average molecular weight is 324 g/mol. The number of carbonyl (C=O) groups excluding carboxylic acids is 1. The van der Waals surface area contributed by atoms with Crippen molar-refractivity contribution in [3.05, 3.63) is 54.1 Å². The van der Waals surface area contributed by atoms with E-state index in [2.05, 4.69) is 22.3 Å². The van der Waals surface area contributed by atoms with Crippen LogP contribution in [-0.2, 0) is 0 Å². The van der Waals surface area contributed by atoms with E-state index in [1.807, 2.05) is 30.3 Å². The summed E-state index contributed by atoms with van der Waals surface area (Å²) in [5, 5.41) is 3.15. The van der Waals surface area contributed by atoms with Gasteiger partial charge in [0, 0.05) is 24.8 Å². The highest BCUT2D eigenvalue weighted by Gasteiger charge is 2.26. The Kier molecular flexibility index (Phi) is 3.99. The molecule has 0 aromatic heterocycles. The predicted octanol–water partition coefficient (Wildman–Crippen LogP) is 2.81. The van der Waals surface area contributed by atoms with Crippen LogP contribution in [0.25, 0.3) is 0 Å². The highest BCUT2D eigenvalue weighted by molar-refractivity contribution is 5.98. The molecular weight excluding hydrogens is 304 g/mol. The van der Waals surface area contributed by atoms with Crippen molar-refractivity contribution in [2.45, 2.75) is 18.9 Å². The summed E-state index contributed by atoms with van der Waals surface area (Å²) < 4.78 is 10.8. The summed E-state index contributed by atoms with van der Waals surface area (Å²) in [5.74, 6) is 1.08. The number of carbonyl (C=O) groups is 1. The maximum absolute atomic E-state index is 12.7. The molecule has 124 valence electrons. The van der Waals surface area contributed by atoms with Crippen LogP contribution in [0, 0.1) is 0 Å². The van der Waals surface area contributed by atoms with Gasteiger partial charge in [-0.1, -0.05) is 24.3 Å². The van der Waals surface area contributed by atoms with Gasteiger partial charge < -0.3 is 19.7 Å². The Labute approximate surface area is 141 Å². The smallest absolute Gasteiger partial charge is 0.255 e. The summed E-state index contributed by atoms with van der Waals surface area (Å²) in [6.07, 6.45) is 2.05. The number of anilines is 1. The lowest BCUT2D eigenvalue weighted by atomic mass is 10.0. The quantitative estimate of drug-likeness (QED) is 0.943. The molecule has 5 nitrogen and oxygen atoms in total. The predicted molar refractivity (Wildman–Crippen MR) is 91.7 cm³/mol. The summed E-state index contributed by atoms with van der Waals surface area (Å²) in [6.45, 7) is 2.01. The van der Waals surface area contributed by atoms with E-state index in [1.54, 1.807) is 6.07 Å². The van der Waals surface area contributed by atoms with Gasteiger partial charge in [0.2, 0.25) is 6.79 Å². The molecular formula is C19H20N2O3. The van der Waals surface area contributed by atoms with Crippen molar-refractivity contribution in [2.24, 2.45) is 0 Å². The normalized spacial score (nSPS) is 19.2. The van der Waals surface area contributed by atoms with E-state index in [0.717, 1.165) is 25.9 Å². The Bertz CT molecular complexity index is 733. The summed E-state index contributed by atoms with van der Waals surface area (Å²) in [4.78, 5) is 15.0. The molecule has 4 rings (SSSR count). The standard InChI is InChI=1S/C19H20N2O3/c22-19(16-9-4-10-17-18(16)24-13-23-17)20-14-6-5-11-21(12-14)15-7-2-1-3-8-15/h1-4,7-10,14H,5-6,11-13H2,(H,20,22). The first-order valence-corrected chi connectivity index (χ1v) is 8.31. The number of para-hydroxylation sites is 2. The lowest BCUT2D eigenvalue weighted by molar-refractivity contribution is 0.0928. The molecule has 0 radical (unpaired) electrons. The fourth-order valence-electron chi connectivity index (χ4n) is 3.34. The highest BCUT2D eigenvalue weighted by Crippen LogP contribution is 2.35. The van der Waals surface area contributed by atoms with Gasteiger partial charge in [-0.15, -0.1) is 0 Å². The van der Waals surface area contributed by atoms with Crippen LogP contribution in [0.4, 0.5) is 5.69 Å². The van der Waals surface area contributed by atoms with Crippen LogP contribution in [0.15, 0.2) is 48.5 Å². The number of benzene rings is 2. The molecule has 1 N–H and O–H groups in total. The Hall–Kier alpha value is -2.69. The van der Waals surface area contributed by atoms with Crippen molar-refractivity contribution in [2.75, 3.05) is 24.8 Å². The number of hydrogen-bond acceptors (Lipinski definition) is 4. The first-order chi connectivity index (χ1) is 11.8. The molecule has 1 unspecified atom stereocenters. The lowest BCUT2D eigenvalue weighted by Gasteiger charge is -2.34. The molecule has 24 heavy (non-hydrogen) atoms. The van der Waals surface area contributed by atoms with Gasteiger partial charge in [0.1, 0.15) is 0 Å². The SMILES string of the molecule is O=C(NC1CCCN(c2ccccc2)C1)c1cccc2c1OCO2. The van der Waals surface area contributed by atoms with E-state index in [-0.39, 0.29) is 18.7 Å². The molecule has 2 aromatic carbocycles. The second-order valence-corrected chi connectivity index (χ2v) is 6.13. The fraction of sp³-hybridized carbons (Fsp3) is 0.316. The Morgan fingerprint density at radius 1 is 1.08 bits per heavy atom. The van der Waals surface area contributed by atoms with Gasteiger partial charge in [0.25, 0.3) is 5.91 Å². The number of amides is 1. The number of nitrogens with one attached hydrogen (secondary N) is 1. The molecule has 1 atom stereocenters. The zero-order valence-electron chi connectivity index (χ0n) is 13.4. The van der Waals surface area contributed by atoms with Crippen LogP contribution >= 0.6 is 0 Å². The summed E-state index contributed by atoms with van der Waals surface area (Å²) >= 11 is 0. The Morgan fingerprint density at radius 3 is 2.83 bits per heavy atom. The zero-order chi connectivity index (χ0) is 16.4. The average Bonchev–Trinajstić information content (AvgIpc) is 3.11. The molecule has 5 heteroatoms. The topological polar surface area (TPSA) is 50.8 Å². The fourth-order valence-corrected chi connectivity index (χ4v) is 3.34. The monoisotopic (exact) mass is 324 g/mol. The van der Waals surface area contributed by atoms with Gasteiger partial charge in [-0.2, -0.15) is 0 Å². The number of ether oxygens (including phenoxy) is 2. The molecule has 0 aliphatic carbocycles. The lowest BCUT2D eigenvalue weighted by Crippen LogP contribution is -2.47. The minimum absolute atomic E-state index is 0.0998. The number of hydrogen-bond donors (Lipinski definition) is 1. The molecule has 2 aliphatic rings. The van der Waals surface area contributed by atoms with Crippen molar-refractivity contribution < 1.29 is 14.3 Å². The van der Waals surface area contributed by atoms with Gasteiger partial charge >= 0.3 is 0 Å². The molecule has 0 bridgehead atoms. The zero-order valence-corrected chi connectivity index (χ0v) is 13.4. The largest absolute Gasteiger partial charge is 0.454 e. The van der Waals surface area contributed by atoms with E-state index in [1.165, 1.54) is 5.69 Å². The van der Waals surface area contributed by atoms with Crippen LogP contribution in [-0.4, -0.2) is 31.8 Å². The maximum atomic E-state index is 12.7. The maximum Gasteiger partial charge on any atom is 0.255 e. The van der Waals surface area contributed by atoms with Crippen molar-refractivity contribution in [3.8, 4) is 11.5 Å². The third-order valence-corrected chi connectivity index (χ3v) is 4.52. The van der Waals surface area contributed by atoms with Gasteiger partial charge in [-0.05, 0) is 37.1 Å². The third kappa shape index (κ3) is 2.89. The molecule has 1 fully saturated rings. The number of nitrogens with zero attached hydrogens (tertiary/aromatic N) is 1. The molecule has 1 amide bonds. The number of fused-ring (bicyclic) bond motifs is 1.